The van der Waals surface area contributed by atoms with Crippen LogP contribution in [0.4, 0.5) is 0 Å². The van der Waals surface area contributed by atoms with Crippen molar-refractivity contribution in [2.45, 2.75) is 50.8 Å². The maximum atomic E-state index is 5.71. The first kappa shape index (κ1) is 11.4. The Morgan fingerprint density at radius 2 is 2.20 bits per heavy atom. The van der Waals surface area contributed by atoms with Crippen LogP contribution in [-0.2, 0) is 4.74 Å². The fourth-order valence-electron chi connectivity index (χ4n) is 2.78. The molecule has 0 radical (unpaired) electrons. The Balaban J connectivity index is 1.74. The highest BCUT2D eigenvalue weighted by atomic mass is 16.5. The zero-order valence-electron chi connectivity index (χ0n) is 10.0. The van der Waals surface area contributed by atoms with Gasteiger partial charge in [-0.1, -0.05) is 0 Å². The second-order valence-corrected chi connectivity index (χ2v) is 5.11. The van der Waals surface area contributed by atoms with Gasteiger partial charge in [-0.05, 0) is 46.2 Å². The number of nitrogens with zero attached hydrogens (tertiary/aromatic N) is 1. The number of rotatable bonds is 3. The Hall–Kier alpha value is -0.120. The van der Waals surface area contributed by atoms with E-state index in [1.807, 2.05) is 0 Å². The third kappa shape index (κ3) is 3.16. The smallest absolute Gasteiger partial charge is 0.0726 e. The lowest BCUT2D eigenvalue weighted by Gasteiger charge is -2.33. The van der Waals surface area contributed by atoms with Gasteiger partial charge in [0.2, 0.25) is 0 Å². The third-order valence-corrected chi connectivity index (χ3v) is 3.65. The molecule has 2 aliphatic rings. The monoisotopic (exact) mass is 212 g/mol. The van der Waals surface area contributed by atoms with Gasteiger partial charge in [-0.2, -0.15) is 0 Å². The molecule has 1 N–H and O–H groups in total. The zero-order chi connectivity index (χ0) is 10.7. The molecule has 3 atom stereocenters. The van der Waals surface area contributed by atoms with E-state index in [0.29, 0.717) is 18.2 Å². The van der Waals surface area contributed by atoms with Crippen LogP contribution in [0.3, 0.4) is 0 Å². The summed E-state index contributed by atoms with van der Waals surface area (Å²) in [6.45, 7) is 5.68. The summed E-state index contributed by atoms with van der Waals surface area (Å²) in [6, 6.07) is 1.19. The minimum atomic E-state index is 0.456. The van der Waals surface area contributed by atoms with Crippen molar-refractivity contribution in [3.8, 4) is 0 Å². The van der Waals surface area contributed by atoms with Crippen LogP contribution in [0, 0.1) is 0 Å². The first-order valence-corrected chi connectivity index (χ1v) is 6.32. The quantitative estimate of drug-likeness (QED) is 0.762. The molecule has 2 saturated heterocycles. The van der Waals surface area contributed by atoms with Crippen LogP contribution in [0.25, 0.3) is 0 Å². The van der Waals surface area contributed by atoms with Crippen LogP contribution in [0.5, 0.6) is 0 Å². The van der Waals surface area contributed by atoms with Gasteiger partial charge in [0.25, 0.3) is 0 Å². The van der Waals surface area contributed by atoms with Crippen LogP contribution in [0.1, 0.15) is 32.6 Å². The summed E-state index contributed by atoms with van der Waals surface area (Å²) in [5, 5.41) is 3.72. The Morgan fingerprint density at radius 1 is 1.33 bits per heavy atom. The van der Waals surface area contributed by atoms with E-state index in [1.165, 1.54) is 38.8 Å². The number of hydrogen-bond donors (Lipinski definition) is 1. The SMILES string of the molecule is CC(NC1CCCN(C)C1)C1CCCO1. The minimum Gasteiger partial charge on any atom is -0.377 e. The number of hydrogen-bond acceptors (Lipinski definition) is 3. The fraction of sp³-hybridized carbons (Fsp3) is 1.00. The lowest BCUT2D eigenvalue weighted by molar-refractivity contribution is 0.0743. The summed E-state index contributed by atoms with van der Waals surface area (Å²) in [4.78, 5) is 2.42. The molecule has 2 heterocycles. The van der Waals surface area contributed by atoms with Gasteiger partial charge in [0.1, 0.15) is 0 Å². The van der Waals surface area contributed by atoms with Gasteiger partial charge in [-0.25, -0.2) is 0 Å². The second-order valence-electron chi connectivity index (χ2n) is 5.11. The molecule has 0 spiro atoms. The predicted octanol–water partition coefficient (Wildman–Crippen LogP) is 1.24. The van der Waals surface area contributed by atoms with E-state index in [2.05, 4.69) is 24.2 Å². The van der Waals surface area contributed by atoms with Gasteiger partial charge in [-0.15, -0.1) is 0 Å². The molecule has 0 saturated carbocycles. The number of ether oxygens (including phenoxy) is 1. The highest BCUT2D eigenvalue weighted by Gasteiger charge is 2.25. The standard InChI is InChI=1S/C12H24N2O/c1-10(12-6-4-8-15-12)13-11-5-3-7-14(2)9-11/h10-13H,3-9H2,1-2H3. The molecule has 3 nitrogen and oxygen atoms in total. The van der Waals surface area contributed by atoms with Gasteiger partial charge in [0.05, 0.1) is 6.10 Å². The first-order valence-electron chi connectivity index (χ1n) is 6.32. The van der Waals surface area contributed by atoms with Crippen LogP contribution < -0.4 is 5.32 Å². The van der Waals surface area contributed by atoms with Crippen molar-refractivity contribution in [2.75, 3.05) is 26.7 Å². The molecule has 2 rings (SSSR count). The summed E-state index contributed by atoms with van der Waals surface area (Å²) < 4.78 is 5.71. The Bertz CT molecular complexity index is 192. The Kier molecular flexibility index (Phi) is 4.00. The normalized spacial score (nSPS) is 35.6. The van der Waals surface area contributed by atoms with Crippen molar-refractivity contribution in [3.63, 3.8) is 0 Å². The van der Waals surface area contributed by atoms with E-state index >= 15 is 0 Å². The molecule has 88 valence electrons. The highest BCUT2D eigenvalue weighted by molar-refractivity contribution is 4.83. The summed E-state index contributed by atoms with van der Waals surface area (Å²) in [5.74, 6) is 0. The van der Waals surface area contributed by atoms with E-state index in [-0.39, 0.29) is 0 Å². The van der Waals surface area contributed by atoms with Crippen LogP contribution >= 0.6 is 0 Å². The summed E-state index contributed by atoms with van der Waals surface area (Å²) in [5.41, 5.74) is 0. The lowest BCUT2D eigenvalue weighted by Crippen LogP contribution is -2.50. The molecule has 0 aromatic rings. The zero-order valence-corrected chi connectivity index (χ0v) is 10.0. The van der Waals surface area contributed by atoms with Crippen molar-refractivity contribution in [1.29, 1.82) is 0 Å². The van der Waals surface area contributed by atoms with E-state index in [4.69, 9.17) is 4.74 Å². The number of likely N-dealkylation sites (N-methyl/N-ethyl adjacent to an activating group) is 1. The Labute approximate surface area is 93.2 Å². The van der Waals surface area contributed by atoms with Crippen molar-refractivity contribution in [3.05, 3.63) is 0 Å². The molecule has 2 aliphatic heterocycles. The summed E-state index contributed by atoms with van der Waals surface area (Å²) in [6.07, 6.45) is 5.57. The summed E-state index contributed by atoms with van der Waals surface area (Å²) >= 11 is 0. The number of piperidine rings is 1. The van der Waals surface area contributed by atoms with Gasteiger partial charge in [0, 0.05) is 25.2 Å². The molecule has 0 bridgehead atoms. The van der Waals surface area contributed by atoms with Crippen LogP contribution in [0.2, 0.25) is 0 Å². The maximum absolute atomic E-state index is 5.71. The van der Waals surface area contributed by atoms with E-state index in [0.717, 1.165) is 6.61 Å². The van der Waals surface area contributed by atoms with Crippen molar-refractivity contribution in [1.82, 2.24) is 10.2 Å². The van der Waals surface area contributed by atoms with Gasteiger partial charge >= 0.3 is 0 Å². The minimum absolute atomic E-state index is 0.456. The highest BCUT2D eigenvalue weighted by Crippen LogP contribution is 2.17. The molecule has 2 fully saturated rings. The van der Waals surface area contributed by atoms with Crippen molar-refractivity contribution >= 4 is 0 Å². The average molecular weight is 212 g/mol. The van der Waals surface area contributed by atoms with Crippen LogP contribution in [0.15, 0.2) is 0 Å². The largest absolute Gasteiger partial charge is 0.377 e. The molecule has 15 heavy (non-hydrogen) atoms. The molecule has 3 heteroatoms. The molecule has 0 amide bonds. The molecular formula is C12H24N2O. The average Bonchev–Trinajstić information content (AvgIpc) is 2.70. The fourth-order valence-corrected chi connectivity index (χ4v) is 2.78. The third-order valence-electron chi connectivity index (χ3n) is 3.65. The van der Waals surface area contributed by atoms with Gasteiger partial charge in [0.15, 0.2) is 0 Å². The number of likely N-dealkylation sites (tertiary alicyclic amines) is 1. The maximum Gasteiger partial charge on any atom is 0.0726 e. The van der Waals surface area contributed by atoms with Crippen LogP contribution in [-0.4, -0.2) is 49.8 Å². The lowest BCUT2D eigenvalue weighted by atomic mass is 10.0. The summed E-state index contributed by atoms with van der Waals surface area (Å²) in [7, 11) is 2.21. The van der Waals surface area contributed by atoms with E-state index in [1.54, 1.807) is 0 Å². The predicted molar refractivity (Wildman–Crippen MR) is 62.1 cm³/mol. The topological polar surface area (TPSA) is 24.5 Å². The van der Waals surface area contributed by atoms with Crippen molar-refractivity contribution < 1.29 is 4.74 Å². The molecule has 3 unspecified atom stereocenters. The molecule has 0 aromatic carbocycles. The molecular weight excluding hydrogens is 188 g/mol. The van der Waals surface area contributed by atoms with E-state index in [9.17, 15) is 0 Å². The van der Waals surface area contributed by atoms with Crippen molar-refractivity contribution in [2.24, 2.45) is 0 Å². The second kappa shape index (κ2) is 5.28. The molecule has 0 aromatic heterocycles. The van der Waals surface area contributed by atoms with E-state index < -0.39 is 0 Å². The molecule has 0 aliphatic carbocycles. The Morgan fingerprint density at radius 3 is 2.87 bits per heavy atom. The number of nitrogens with one attached hydrogen (secondary N) is 1. The van der Waals surface area contributed by atoms with Gasteiger partial charge in [-0.3, -0.25) is 0 Å². The van der Waals surface area contributed by atoms with Gasteiger partial charge < -0.3 is 15.0 Å². The first-order chi connectivity index (χ1) is 7.25.